The van der Waals surface area contributed by atoms with Gasteiger partial charge in [0.15, 0.2) is 6.10 Å². The number of rotatable bonds is 6. The second-order valence-electron chi connectivity index (χ2n) is 9.82. The van der Waals surface area contributed by atoms with Crippen molar-refractivity contribution in [3.63, 3.8) is 0 Å². The number of quaternary nitrogens is 1. The van der Waals surface area contributed by atoms with Crippen LogP contribution in [0, 0.1) is 5.41 Å². The van der Waals surface area contributed by atoms with Gasteiger partial charge in [-0.2, -0.15) is 0 Å². The fourth-order valence-electron chi connectivity index (χ4n) is 2.72. The van der Waals surface area contributed by atoms with Crippen molar-refractivity contribution in [1.82, 2.24) is 10.6 Å². The molecule has 0 fully saturated rings. The second kappa shape index (κ2) is 15.2. The highest BCUT2D eigenvalue weighted by Gasteiger charge is 2.39. The predicted molar refractivity (Wildman–Crippen MR) is 135 cm³/mol. The van der Waals surface area contributed by atoms with Gasteiger partial charge in [0, 0.05) is 48.9 Å². The molecule has 0 aromatic carbocycles. The van der Waals surface area contributed by atoms with E-state index in [4.69, 9.17) is 14.2 Å². The molecule has 37 heavy (non-hydrogen) atoms. The monoisotopic (exact) mass is 542 g/mol. The fourth-order valence-corrected chi connectivity index (χ4v) is 3.28. The summed E-state index contributed by atoms with van der Waals surface area (Å²) in [7, 11) is 5.80. The first-order valence-corrected chi connectivity index (χ1v) is 12.6. The van der Waals surface area contributed by atoms with E-state index in [1.165, 1.54) is 13.8 Å². The van der Waals surface area contributed by atoms with Crippen LogP contribution in [-0.4, -0.2) is 105 Å². The number of carbonyl (C=O) groups excluding carboxylic acids is 6. The number of cyclic esters (lactones) is 1. The lowest BCUT2D eigenvalue weighted by Crippen LogP contribution is -2.49. The number of thioether (sulfide) groups is 1. The molecule has 1 aliphatic heterocycles. The average molecular weight is 543 g/mol. The Labute approximate surface area is 220 Å². The molecule has 0 saturated heterocycles. The normalized spacial score (nSPS) is 21.3. The molecule has 0 radical (unpaired) electrons. The van der Waals surface area contributed by atoms with Crippen molar-refractivity contribution in [3.8, 4) is 0 Å². The van der Waals surface area contributed by atoms with Crippen molar-refractivity contribution in [2.75, 3.05) is 59.7 Å². The number of hydrogen-bond donors (Lipinski definition) is 2. The van der Waals surface area contributed by atoms with Crippen molar-refractivity contribution in [2.24, 2.45) is 5.41 Å². The molecule has 2 amide bonds. The van der Waals surface area contributed by atoms with E-state index in [9.17, 15) is 28.8 Å². The standard InChI is InChI=1S/C24H35N3O9S/c1-24(2)16-35-19(30)8-9-21(32)37-15-12-25-17(28)10-11-26-23(33)22(24)36-20(31)7-6-18(29)34-14-13-27(3,4)5/h6-9,22H,10-16H2,1-5H3,(H-,25,26,28,33)/p+1/b7-6+,9-8+/t22-/m0/s1. The molecule has 0 aromatic heterocycles. The second-order valence-corrected chi connectivity index (χ2v) is 10.9. The van der Waals surface area contributed by atoms with Crippen LogP contribution in [0.5, 0.6) is 0 Å². The Balaban J connectivity index is 2.93. The molecule has 1 atom stereocenters. The minimum absolute atomic E-state index is 0.0423. The minimum Gasteiger partial charge on any atom is -0.462 e. The van der Waals surface area contributed by atoms with Gasteiger partial charge in [-0.25, -0.2) is 14.4 Å². The minimum atomic E-state index is -1.44. The van der Waals surface area contributed by atoms with Crippen LogP contribution >= 0.6 is 11.8 Å². The van der Waals surface area contributed by atoms with Gasteiger partial charge in [-0.1, -0.05) is 25.6 Å². The highest BCUT2D eigenvalue weighted by Crippen LogP contribution is 2.25. The number of hydrogen-bond acceptors (Lipinski definition) is 10. The summed E-state index contributed by atoms with van der Waals surface area (Å²) in [6.45, 7) is 3.63. The van der Waals surface area contributed by atoms with E-state index in [0.29, 0.717) is 16.8 Å². The van der Waals surface area contributed by atoms with E-state index in [1.807, 2.05) is 21.1 Å². The highest BCUT2D eigenvalue weighted by molar-refractivity contribution is 8.14. The van der Waals surface area contributed by atoms with Gasteiger partial charge in [0.25, 0.3) is 5.91 Å². The van der Waals surface area contributed by atoms with E-state index in [1.54, 1.807) is 0 Å². The average Bonchev–Trinajstić information content (AvgIpc) is 2.79. The van der Waals surface area contributed by atoms with Gasteiger partial charge >= 0.3 is 17.9 Å². The van der Waals surface area contributed by atoms with Gasteiger partial charge in [0.05, 0.1) is 21.1 Å². The number of ether oxygens (including phenoxy) is 3. The predicted octanol–water partition coefficient (Wildman–Crippen LogP) is -0.275. The number of esters is 3. The van der Waals surface area contributed by atoms with E-state index in [-0.39, 0.29) is 43.7 Å². The van der Waals surface area contributed by atoms with Gasteiger partial charge < -0.3 is 29.3 Å². The van der Waals surface area contributed by atoms with Crippen LogP contribution in [-0.2, 0) is 43.0 Å². The number of nitrogens with one attached hydrogen (secondary N) is 2. The third-order valence-electron chi connectivity index (χ3n) is 4.81. The SMILES string of the molecule is CC1(C)COC(=O)/C=C/C(=O)SCCNC(=O)CCNC(=O)[C@@H]1OC(=O)/C=C/C(=O)OCC[N+](C)(C)C. The first-order chi connectivity index (χ1) is 17.2. The first-order valence-electron chi connectivity index (χ1n) is 11.6. The van der Waals surface area contributed by atoms with Gasteiger partial charge in [-0.15, -0.1) is 0 Å². The molecule has 0 bridgehead atoms. The molecule has 2 N–H and O–H groups in total. The van der Waals surface area contributed by atoms with Crippen molar-refractivity contribution in [1.29, 1.82) is 0 Å². The number of carbonyl (C=O) groups is 6. The summed E-state index contributed by atoms with van der Waals surface area (Å²) in [6, 6.07) is 0. The quantitative estimate of drug-likeness (QED) is 0.198. The van der Waals surface area contributed by atoms with Crippen molar-refractivity contribution in [3.05, 3.63) is 24.3 Å². The van der Waals surface area contributed by atoms with E-state index in [2.05, 4.69) is 10.6 Å². The van der Waals surface area contributed by atoms with Crippen molar-refractivity contribution < 1.29 is 47.5 Å². The van der Waals surface area contributed by atoms with Crippen molar-refractivity contribution >= 4 is 46.6 Å². The molecule has 0 aliphatic carbocycles. The smallest absolute Gasteiger partial charge is 0.331 e. The topological polar surface area (TPSA) is 154 Å². The fraction of sp³-hybridized carbons (Fsp3) is 0.583. The highest BCUT2D eigenvalue weighted by atomic mass is 32.2. The third-order valence-corrected chi connectivity index (χ3v) is 5.63. The number of amides is 2. The summed E-state index contributed by atoms with van der Waals surface area (Å²) in [5.74, 6) is -3.31. The van der Waals surface area contributed by atoms with Gasteiger partial charge in [0.1, 0.15) is 19.8 Å². The van der Waals surface area contributed by atoms with Crippen LogP contribution < -0.4 is 10.6 Å². The zero-order chi connectivity index (χ0) is 28.1. The zero-order valence-corrected chi connectivity index (χ0v) is 22.7. The van der Waals surface area contributed by atoms with Crippen LogP contribution in [0.1, 0.15) is 20.3 Å². The van der Waals surface area contributed by atoms with Gasteiger partial charge in [-0.3, -0.25) is 14.4 Å². The van der Waals surface area contributed by atoms with Crippen molar-refractivity contribution in [2.45, 2.75) is 26.4 Å². The molecule has 0 spiro atoms. The van der Waals surface area contributed by atoms with Crippen LogP contribution in [0.15, 0.2) is 24.3 Å². The third kappa shape index (κ3) is 14.2. The zero-order valence-electron chi connectivity index (χ0n) is 21.9. The molecular weight excluding hydrogens is 506 g/mol. The van der Waals surface area contributed by atoms with Crippen LogP contribution in [0.25, 0.3) is 0 Å². The molecule has 0 unspecified atom stereocenters. The Morgan fingerprint density at radius 3 is 2.43 bits per heavy atom. The van der Waals surface area contributed by atoms with E-state index in [0.717, 1.165) is 36.1 Å². The lowest BCUT2D eigenvalue weighted by molar-refractivity contribution is -0.870. The lowest BCUT2D eigenvalue weighted by Gasteiger charge is -2.31. The Morgan fingerprint density at radius 2 is 1.76 bits per heavy atom. The number of nitrogens with zero attached hydrogens (tertiary/aromatic N) is 1. The van der Waals surface area contributed by atoms with Crippen LogP contribution in [0.4, 0.5) is 0 Å². The van der Waals surface area contributed by atoms with Crippen LogP contribution in [0.2, 0.25) is 0 Å². The lowest BCUT2D eigenvalue weighted by atomic mass is 9.86. The first kappa shape index (κ1) is 31.8. The van der Waals surface area contributed by atoms with E-state index >= 15 is 0 Å². The van der Waals surface area contributed by atoms with Gasteiger partial charge in [-0.05, 0) is 6.08 Å². The summed E-state index contributed by atoms with van der Waals surface area (Å²) in [4.78, 5) is 73.0. The maximum atomic E-state index is 12.9. The summed E-state index contributed by atoms with van der Waals surface area (Å²) in [6.07, 6.45) is 2.26. The Bertz CT molecular complexity index is 923. The molecule has 0 aromatic rings. The largest absolute Gasteiger partial charge is 0.462 e. The molecule has 0 saturated carbocycles. The summed E-state index contributed by atoms with van der Waals surface area (Å²) in [5, 5.41) is 4.76. The summed E-state index contributed by atoms with van der Waals surface area (Å²) >= 11 is 0.924. The Hall–Kier alpha value is -3.19. The molecular formula is C24H36N3O9S+. The van der Waals surface area contributed by atoms with Crippen LogP contribution in [0.3, 0.4) is 0 Å². The van der Waals surface area contributed by atoms with E-state index < -0.39 is 35.3 Å². The number of likely N-dealkylation sites (N-methyl/N-ethyl adjacent to an activating group) is 1. The van der Waals surface area contributed by atoms with Gasteiger partial charge in [0.2, 0.25) is 11.0 Å². The maximum absolute atomic E-state index is 12.9. The maximum Gasteiger partial charge on any atom is 0.331 e. The molecule has 206 valence electrons. The molecule has 1 heterocycles. The molecule has 12 nitrogen and oxygen atoms in total. The Kier molecular flexibility index (Phi) is 13.0. The summed E-state index contributed by atoms with van der Waals surface area (Å²) < 4.78 is 16.1. The summed E-state index contributed by atoms with van der Waals surface area (Å²) in [5.41, 5.74) is -1.21. The molecule has 1 rings (SSSR count). The molecule has 13 heteroatoms. The Morgan fingerprint density at radius 1 is 1.08 bits per heavy atom. The molecule has 1 aliphatic rings.